The van der Waals surface area contributed by atoms with Crippen LogP contribution in [0, 0.1) is 5.92 Å². The molecule has 0 fully saturated rings. The molecule has 0 spiro atoms. The summed E-state index contributed by atoms with van der Waals surface area (Å²) < 4.78 is 5.37. The van der Waals surface area contributed by atoms with E-state index in [0.29, 0.717) is 19.1 Å². The molecule has 0 heterocycles. The van der Waals surface area contributed by atoms with Gasteiger partial charge in [0, 0.05) is 11.4 Å². The zero-order valence-corrected chi connectivity index (χ0v) is 14.3. The maximum absolute atomic E-state index is 12.0. The maximum atomic E-state index is 12.0. The number of rotatable bonds is 7. The van der Waals surface area contributed by atoms with E-state index in [2.05, 4.69) is 10.6 Å². The van der Waals surface area contributed by atoms with Gasteiger partial charge in [-0.3, -0.25) is 10.1 Å². The third-order valence-electron chi connectivity index (χ3n) is 2.72. The highest BCUT2D eigenvalue weighted by atomic mass is 32.2. The van der Waals surface area contributed by atoms with Gasteiger partial charge in [-0.2, -0.15) is 0 Å². The van der Waals surface area contributed by atoms with Crippen LogP contribution in [0.2, 0.25) is 0 Å². The Hall–Kier alpha value is -1.69. The van der Waals surface area contributed by atoms with Crippen molar-refractivity contribution in [2.45, 2.75) is 37.8 Å². The summed E-state index contributed by atoms with van der Waals surface area (Å²) in [6.45, 7) is 8.85. The molecular weight excluding hydrogens is 300 g/mol. The van der Waals surface area contributed by atoms with Gasteiger partial charge >= 0.3 is 6.03 Å². The molecule has 1 atom stereocenters. The first-order valence-corrected chi connectivity index (χ1v) is 8.28. The number of hydrogen-bond acceptors (Lipinski definition) is 4. The van der Waals surface area contributed by atoms with Crippen LogP contribution in [-0.4, -0.2) is 30.3 Å². The highest BCUT2D eigenvalue weighted by molar-refractivity contribution is 8.00. The van der Waals surface area contributed by atoms with Crippen LogP contribution < -0.4 is 15.4 Å². The van der Waals surface area contributed by atoms with E-state index in [1.54, 1.807) is 6.92 Å². The molecule has 122 valence electrons. The number of hydrogen-bond donors (Lipinski definition) is 2. The van der Waals surface area contributed by atoms with Gasteiger partial charge in [0.15, 0.2) is 0 Å². The van der Waals surface area contributed by atoms with Gasteiger partial charge in [-0.1, -0.05) is 13.8 Å². The molecule has 1 aromatic carbocycles. The van der Waals surface area contributed by atoms with Crippen LogP contribution in [0.15, 0.2) is 29.2 Å². The highest BCUT2D eigenvalue weighted by Gasteiger charge is 2.17. The smallest absolute Gasteiger partial charge is 0.321 e. The van der Waals surface area contributed by atoms with Crippen molar-refractivity contribution in [3.63, 3.8) is 0 Å². The average Bonchev–Trinajstić information content (AvgIpc) is 2.47. The van der Waals surface area contributed by atoms with E-state index in [-0.39, 0.29) is 11.2 Å². The Morgan fingerprint density at radius 2 is 1.82 bits per heavy atom. The largest absolute Gasteiger partial charge is 0.494 e. The number of urea groups is 1. The van der Waals surface area contributed by atoms with Crippen LogP contribution >= 0.6 is 11.8 Å². The summed E-state index contributed by atoms with van der Waals surface area (Å²) in [5, 5.41) is 4.65. The third-order valence-corrected chi connectivity index (χ3v) is 3.84. The lowest BCUT2D eigenvalue weighted by Crippen LogP contribution is -2.43. The molecule has 1 aromatic rings. The predicted molar refractivity (Wildman–Crippen MR) is 89.3 cm³/mol. The number of imide groups is 1. The Labute approximate surface area is 136 Å². The molecule has 0 bridgehead atoms. The lowest BCUT2D eigenvalue weighted by atomic mass is 10.2. The number of carbonyl (C=O) groups is 2. The number of ether oxygens (including phenoxy) is 1. The molecule has 0 aliphatic carbocycles. The minimum atomic E-state index is -0.446. The number of amides is 3. The van der Waals surface area contributed by atoms with Gasteiger partial charge in [-0.05, 0) is 44.0 Å². The van der Waals surface area contributed by atoms with Crippen LogP contribution in [0.3, 0.4) is 0 Å². The van der Waals surface area contributed by atoms with Crippen LogP contribution in [0.5, 0.6) is 5.75 Å². The van der Waals surface area contributed by atoms with E-state index in [4.69, 9.17) is 4.74 Å². The molecule has 0 radical (unpaired) electrons. The van der Waals surface area contributed by atoms with Crippen LogP contribution in [0.4, 0.5) is 4.79 Å². The van der Waals surface area contributed by atoms with Gasteiger partial charge in [0.25, 0.3) is 0 Å². The second-order valence-corrected chi connectivity index (χ2v) is 6.67. The maximum Gasteiger partial charge on any atom is 0.321 e. The summed E-state index contributed by atoms with van der Waals surface area (Å²) in [4.78, 5) is 24.5. The molecule has 0 aromatic heterocycles. The zero-order valence-electron chi connectivity index (χ0n) is 13.5. The minimum absolute atomic E-state index is 0.305. The first-order valence-electron chi connectivity index (χ1n) is 7.40. The summed E-state index contributed by atoms with van der Waals surface area (Å²) in [6.07, 6.45) is 0. The molecule has 6 heteroatoms. The second-order valence-electron chi connectivity index (χ2n) is 5.26. The Balaban J connectivity index is 2.44. The summed E-state index contributed by atoms with van der Waals surface area (Å²) in [5.41, 5.74) is 0. The lowest BCUT2D eigenvalue weighted by Gasteiger charge is -2.13. The summed E-state index contributed by atoms with van der Waals surface area (Å²) >= 11 is 1.40. The predicted octanol–water partition coefficient (Wildman–Crippen LogP) is 3.05. The molecule has 1 unspecified atom stereocenters. The van der Waals surface area contributed by atoms with E-state index < -0.39 is 6.03 Å². The molecular formula is C16H24N2O3S. The van der Waals surface area contributed by atoms with Crippen LogP contribution in [0.25, 0.3) is 0 Å². The van der Waals surface area contributed by atoms with Crippen molar-refractivity contribution in [3.8, 4) is 5.75 Å². The van der Waals surface area contributed by atoms with Crippen molar-refractivity contribution in [1.29, 1.82) is 0 Å². The molecule has 3 amide bonds. The number of carbonyl (C=O) groups excluding carboxylic acids is 2. The van der Waals surface area contributed by atoms with E-state index in [0.717, 1.165) is 10.6 Å². The molecule has 0 aliphatic heterocycles. The fraction of sp³-hybridized carbons (Fsp3) is 0.500. The van der Waals surface area contributed by atoms with Crippen molar-refractivity contribution in [1.82, 2.24) is 10.6 Å². The Bertz CT molecular complexity index is 489. The molecule has 5 nitrogen and oxygen atoms in total. The van der Waals surface area contributed by atoms with Crippen LogP contribution in [0.1, 0.15) is 27.7 Å². The Morgan fingerprint density at radius 3 is 2.36 bits per heavy atom. The van der Waals surface area contributed by atoms with E-state index in [1.165, 1.54) is 11.8 Å². The second kappa shape index (κ2) is 9.35. The topological polar surface area (TPSA) is 67.4 Å². The number of nitrogens with one attached hydrogen (secondary N) is 2. The molecule has 1 rings (SSSR count). The van der Waals surface area contributed by atoms with E-state index in [9.17, 15) is 9.59 Å². The molecule has 0 aliphatic rings. The summed E-state index contributed by atoms with van der Waals surface area (Å²) in [7, 11) is 0. The van der Waals surface area contributed by atoms with Gasteiger partial charge in [0.1, 0.15) is 5.75 Å². The molecule has 0 saturated carbocycles. The zero-order chi connectivity index (χ0) is 16.5. The summed E-state index contributed by atoms with van der Waals surface area (Å²) in [5.74, 6) is 0.841. The number of benzene rings is 1. The van der Waals surface area contributed by atoms with Gasteiger partial charge in [0.05, 0.1) is 11.9 Å². The first-order chi connectivity index (χ1) is 10.4. The van der Waals surface area contributed by atoms with Gasteiger partial charge in [-0.25, -0.2) is 4.79 Å². The Morgan fingerprint density at radius 1 is 1.18 bits per heavy atom. The van der Waals surface area contributed by atoms with Crippen LogP contribution in [-0.2, 0) is 4.79 Å². The molecule has 22 heavy (non-hydrogen) atoms. The molecule has 0 saturated heterocycles. The van der Waals surface area contributed by atoms with Gasteiger partial charge in [0.2, 0.25) is 5.91 Å². The van der Waals surface area contributed by atoms with Crippen molar-refractivity contribution in [2.24, 2.45) is 5.92 Å². The van der Waals surface area contributed by atoms with Gasteiger partial charge in [-0.15, -0.1) is 11.8 Å². The fourth-order valence-corrected chi connectivity index (χ4v) is 2.46. The normalized spacial score (nSPS) is 11.9. The first kappa shape index (κ1) is 18.4. The Kier molecular flexibility index (Phi) is 7.80. The molecule has 2 N–H and O–H groups in total. The quantitative estimate of drug-likeness (QED) is 0.757. The van der Waals surface area contributed by atoms with Crippen molar-refractivity contribution < 1.29 is 14.3 Å². The highest BCUT2D eigenvalue weighted by Crippen LogP contribution is 2.25. The summed E-state index contributed by atoms with van der Waals surface area (Å²) in [6, 6.07) is 7.09. The SMILES string of the molecule is CCOc1ccc(SC(C)C(=O)NC(=O)NCC(C)C)cc1. The monoisotopic (exact) mass is 324 g/mol. The van der Waals surface area contributed by atoms with Crippen molar-refractivity contribution >= 4 is 23.7 Å². The van der Waals surface area contributed by atoms with Crippen molar-refractivity contribution in [3.05, 3.63) is 24.3 Å². The minimum Gasteiger partial charge on any atom is -0.494 e. The van der Waals surface area contributed by atoms with Gasteiger partial charge < -0.3 is 10.1 Å². The standard InChI is InChI=1S/C16H24N2O3S/c1-5-21-13-6-8-14(9-7-13)22-12(4)15(19)18-16(20)17-10-11(2)3/h6-9,11-12H,5,10H2,1-4H3,(H2,17,18,19,20). The fourth-order valence-electron chi connectivity index (χ4n) is 1.59. The van der Waals surface area contributed by atoms with Crippen molar-refractivity contribution in [2.75, 3.05) is 13.2 Å². The van der Waals surface area contributed by atoms with E-state index >= 15 is 0 Å². The lowest BCUT2D eigenvalue weighted by molar-refractivity contribution is -0.119. The average molecular weight is 324 g/mol. The third kappa shape index (κ3) is 6.85. The van der Waals surface area contributed by atoms with E-state index in [1.807, 2.05) is 45.0 Å². The number of thioether (sulfide) groups is 1.